The van der Waals surface area contributed by atoms with Crippen molar-refractivity contribution < 1.29 is 19.0 Å². The Morgan fingerprint density at radius 2 is 1.95 bits per heavy atom. The molecule has 4 N–H and O–H groups in total. The maximum atomic E-state index is 12.4. The van der Waals surface area contributed by atoms with Gasteiger partial charge in [0.05, 0.1) is 36.0 Å². The zero-order valence-electron chi connectivity index (χ0n) is 22.1. The summed E-state index contributed by atoms with van der Waals surface area (Å²) in [6.07, 6.45) is 3.55. The van der Waals surface area contributed by atoms with E-state index >= 15 is 0 Å². The van der Waals surface area contributed by atoms with E-state index in [0.717, 1.165) is 59.8 Å². The molecule has 4 aromatic rings. The Morgan fingerprint density at radius 1 is 1.21 bits per heavy atom. The fourth-order valence-corrected chi connectivity index (χ4v) is 6.12. The van der Waals surface area contributed by atoms with Gasteiger partial charge in [-0.15, -0.1) is 11.3 Å². The van der Waals surface area contributed by atoms with Crippen LogP contribution in [-0.4, -0.2) is 49.3 Å². The average molecular weight is 570 g/mol. The van der Waals surface area contributed by atoms with Crippen LogP contribution in [0.25, 0.3) is 16.0 Å². The minimum absolute atomic E-state index is 0.315. The number of halogens is 1. The number of hydrogen-bond acceptors (Lipinski definition) is 8. The van der Waals surface area contributed by atoms with Crippen LogP contribution in [0.3, 0.4) is 0 Å². The van der Waals surface area contributed by atoms with Crippen molar-refractivity contribution >= 4 is 45.6 Å². The molecule has 2 aromatic heterocycles. The number of carbonyl (C=O) groups excluding carboxylic acids is 1. The number of imidazole rings is 1. The van der Waals surface area contributed by atoms with Crippen LogP contribution in [-0.2, 0) is 0 Å². The third kappa shape index (κ3) is 5.63. The Morgan fingerprint density at radius 3 is 2.67 bits per heavy atom. The van der Waals surface area contributed by atoms with E-state index in [9.17, 15) is 4.79 Å². The lowest BCUT2D eigenvalue weighted by molar-refractivity contribution is 0.0998. The van der Waals surface area contributed by atoms with Gasteiger partial charge in [0.1, 0.15) is 28.1 Å². The van der Waals surface area contributed by atoms with E-state index in [0.29, 0.717) is 33.1 Å². The van der Waals surface area contributed by atoms with Gasteiger partial charge in [0.2, 0.25) is 0 Å². The highest BCUT2D eigenvalue weighted by Crippen LogP contribution is 2.39. The molecule has 9 nitrogen and oxygen atoms in total. The third-order valence-corrected chi connectivity index (χ3v) is 8.56. The highest BCUT2D eigenvalue weighted by atomic mass is 35.5. The first-order chi connectivity index (χ1) is 18.9. The lowest BCUT2D eigenvalue weighted by atomic mass is 9.98. The Bertz CT molecular complexity index is 1480. The Labute approximate surface area is 236 Å². The number of methoxy groups -OCH3 is 2. The molecule has 0 saturated carbocycles. The van der Waals surface area contributed by atoms with Crippen molar-refractivity contribution in [3.05, 3.63) is 58.2 Å². The van der Waals surface area contributed by atoms with Gasteiger partial charge in [-0.25, -0.2) is 4.98 Å². The molecule has 1 atom stereocenters. The summed E-state index contributed by atoms with van der Waals surface area (Å²) in [6.45, 7) is 4.87. The van der Waals surface area contributed by atoms with Crippen molar-refractivity contribution in [3.63, 3.8) is 0 Å². The molecular formula is C28H32ClN5O4S. The van der Waals surface area contributed by atoms with Crippen molar-refractivity contribution in [1.82, 2.24) is 14.9 Å². The van der Waals surface area contributed by atoms with E-state index in [2.05, 4.69) is 15.6 Å². The number of nitrogens with one attached hydrogen (secondary N) is 2. The largest absolute Gasteiger partial charge is 0.493 e. The van der Waals surface area contributed by atoms with Gasteiger partial charge in [-0.1, -0.05) is 23.7 Å². The fourth-order valence-electron chi connectivity index (χ4n) is 4.85. The molecule has 0 radical (unpaired) electrons. The monoisotopic (exact) mass is 569 g/mol. The van der Waals surface area contributed by atoms with Crippen LogP contribution in [0.4, 0.5) is 5.69 Å². The first-order valence-electron chi connectivity index (χ1n) is 12.8. The highest BCUT2D eigenvalue weighted by Gasteiger charge is 2.23. The molecule has 11 heteroatoms. The van der Waals surface area contributed by atoms with Gasteiger partial charge >= 0.3 is 0 Å². The van der Waals surface area contributed by atoms with E-state index in [4.69, 9.17) is 31.5 Å². The van der Waals surface area contributed by atoms with Crippen LogP contribution < -0.4 is 30.6 Å². The van der Waals surface area contributed by atoms with Crippen LogP contribution in [0.1, 0.15) is 41.1 Å². The van der Waals surface area contributed by atoms with Crippen molar-refractivity contribution in [3.8, 4) is 22.2 Å². The van der Waals surface area contributed by atoms with Crippen molar-refractivity contribution in [2.75, 3.05) is 39.2 Å². The summed E-state index contributed by atoms with van der Waals surface area (Å²) in [7, 11) is 3.16. The molecule has 1 aliphatic heterocycles. The van der Waals surface area contributed by atoms with Crippen LogP contribution in [0.15, 0.2) is 42.7 Å². The maximum Gasteiger partial charge on any atom is 0.262 e. The molecule has 1 amide bonds. The molecule has 39 heavy (non-hydrogen) atoms. The summed E-state index contributed by atoms with van der Waals surface area (Å²) >= 11 is 8.05. The number of aromatic nitrogens is 2. The van der Waals surface area contributed by atoms with Gasteiger partial charge in [-0.05, 0) is 44.8 Å². The number of primary amides is 1. The normalized spacial score (nSPS) is 14.8. The molecule has 3 heterocycles. The summed E-state index contributed by atoms with van der Waals surface area (Å²) in [4.78, 5) is 17.2. The Balaban J connectivity index is 1.40. The minimum atomic E-state index is -0.569. The second-order valence-electron chi connectivity index (χ2n) is 9.50. The van der Waals surface area contributed by atoms with Gasteiger partial charge in [0.25, 0.3) is 5.91 Å². The maximum absolute atomic E-state index is 12.4. The third-order valence-electron chi connectivity index (χ3n) is 7.01. The molecule has 1 fully saturated rings. The van der Waals surface area contributed by atoms with E-state index in [1.54, 1.807) is 32.7 Å². The number of nitrogens with zero attached hydrogens (tertiary/aromatic N) is 2. The molecule has 0 spiro atoms. The smallest absolute Gasteiger partial charge is 0.262 e. The molecule has 1 unspecified atom stereocenters. The minimum Gasteiger partial charge on any atom is -0.493 e. The Kier molecular flexibility index (Phi) is 8.15. The number of fused-ring (bicyclic) bond motifs is 1. The topological polar surface area (TPSA) is 113 Å². The molecule has 0 aliphatic carbocycles. The quantitative estimate of drug-likeness (QED) is 0.234. The molecule has 1 saturated heterocycles. The summed E-state index contributed by atoms with van der Waals surface area (Å²) in [5.74, 6) is 1.60. The SMILES string of the molecule is COc1cc2ncn(-c3cc(OC(C)c4cccc(NCC5CCNCC5)c4Cl)c(C(N)=O)s3)c2cc1OC. The molecule has 1 aliphatic rings. The first-order valence-corrected chi connectivity index (χ1v) is 14.0. The van der Waals surface area contributed by atoms with Crippen molar-refractivity contribution in [1.29, 1.82) is 0 Å². The zero-order chi connectivity index (χ0) is 27.5. The van der Waals surface area contributed by atoms with Gasteiger partial charge in [0.15, 0.2) is 11.5 Å². The number of rotatable bonds is 10. The molecular weight excluding hydrogens is 538 g/mol. The van der Waals surface area contributed by atoms with Crippen molar-refractivity contribution in [2.24, 2.45) is 11.7 Å². The summed E-state index contributed by atoms with van der Waals surface area (Å²) in [5.41, 5.74) is 8.95. The van der Waals surface area contributed by atoms with Crippen molar-refractivity contribution in [2.45, 2.75) is 25.9 Å². The van der Waals surface area contributed by atoms with Crippen LogP contribution in [0.2, 0.25) is 5.02 Å². The van der Waals surface area contributed by atoms with E-state index in [-0.39, 0.29) is 0 Å². The number of carbonyl (C=O) groups is 1. The van der Waals surface area contributed by atoms with Crippen LogP contribution in [0.5, 0.6) is 17.2 Å². The van der Waals surface area contributed by atoms with Gasteiger partial charge < -0.3 is 30.6 Å². The number of nitrogens with two attached hydrogens (primary N) is 1. The van der Waals surface area contributed by atoms with Crippen LogP contribution in [0, 0.1) is 5.92 Å². The zero-order valence-corrected chi connectivity index (χ0v) is 23.7. The highest BCUT2D eigenvalue weighted by molar-refractivity contribution is 7.16. The van der Waals surface area contributed by atoms with E-state index in [1.165, 1.54) is 11.3 Å². The van der Waals surface area contributed by atoms with Gasteiger partial charge in [-0.2, -0.15) is 0 Å². The lowest BCUT2D eigenvalue weighted by Crippen LogP contribution is -2.31. The Hall–Kier alpha value is -3.47. The molecule has 5 rings (SSSR count). The summed E-state index contributed by atoms with van der Waals surface area (Å²) in [6, 6.07) is 11.3. The predicted octanol–water partition coefficient (Wildman–Crippen LogP) is 5.41. The van der Waals surface area contributed by atoms with E-state index < -0.39 is 12.0 Å². The van der Waals surface area contributed by atoms with Gasteiger partial charge in [-0.3, -0.25) is 9.36 Å². The van der Waals surface area contributed by atoms with E-state index in [1.807, 2.05) is 35.8 Å². The average Bonchev–Trinajstić information content (AvgIpc) is 3.55. The molecule has 2 aromatic carbocycles. The number of ether oxygens (including phenoxy) is 3. The number of thiophene rings is 1. The number of benzene rings is 2. The number of anilines is 1. The lowest BCUT2D eigenvalue weighted by Gasteiger charge is -2.24. The molecule has 206 valence electrons. The molecule has 0 bridgehead atoms. The van der Waals surface area contributed by atoms with Crippen LogP contribution >= 0.6 is 22.9 Å². The number of amides is 1. The first kappa shape index (κ1) is 27.1. The number of hydrogen-bond donors (Lipinski definition) is 3. The predicted molar refractivity (Wildman–Crippen MR) is 155 cm³/mol. The standard InChI is InChI=1S/C28H32ClN5O4S/c1-16(18-5-4-6-19(26(18)29)32-14-17-7-9-31-10-8-17)38-24-13-25(39-27(24)28(30)35)34-15-33-20-11-22(36-2)23(37-3)12-21(20)34/h4-6,11-13,15-17,31-32H,7-10,14H2,1-3H3,(H2,30,35). The number of piperidine rings is 1. The summed E-state index contributed by atoms with van der Waals surface area (Å²) in [5, 5.41) is 8.24. The van der Waals surface area contributed by atoms with Gasteiger partial charge in [0, 0.05) is 30.3 Å². The second kappa shape index (κ2) is 11.7. The fraction of sp³-hybridized carbons (Fsp3) is 0.357. The second-order valence-corrected chi connectivity index (χ2v) is 10.9. The summed E-state index contributed by atoms with van der Waals surface area (Å²) < 4.78 is 19.0.